The molecule has 0 bridgehead atoms. The van der Waals surface area contributed by atoms with E-state index in [1.807, 2.05) is 0 Å². The van der Waals surface area contributed by atoms with Gasteiger partial charge in [0.1, 0.15) is 0 Å². The summed E-state index contributed by atoms with van der Waals surface area (Å²) in [5.74, 6) is 2.16. The van der Waals surface area contributed by atoms with E-state index in [9.17, 15) is 0 Å². The second-order valence-electron chi connectivity index (χ2n) is 5.62. The lowest BCUT2D eigenvalue weighted by Gasteiger charge is -2.27. The van der Waals surface area contributed by atoms with Crippen molar-refractivity contribution in [1.29, 1.82) is 0 Å². The zero-order valence-corrected chi connectivity index (χ0v) is 10.3. The number of nitrogens with one attached hydrogen (secondary N) is 1. The normalized spacial score (nSPS) is 33.4. The molecule has 0 aliphatic heterocycles. The van der Waals surface area contributed by atoms with Gasteiger partial charge in [-0.05, 0) is 44.1 Å². The van der Waals surface area contributed by atoms with Crippen LogP contribution in [0.4, 0.5) is 0 Å². The van der Waals surface area contributed by atoms with Gasteiger partial charge < -0.3 is 5.32 Å². The molecule has 1 N–H and O–H groups in total. The van der Waals surface area contributed by atoms with Gasteiger partial charge in [-0.1, -0.05) is 39.0 Å². The fourth-order valence-electron chi connectivity index (χ4n) is 3.58. The first-order chi connectivity index (χ1) is 7.40. The second kappa shape index (κ2) is 5.89. The molecule has 0 saturated heterocycles. The van der Waals surface area contributed by atoms with Gasteiger partial charge in [-0.3, -0.25) is 0 Å². The molecule has 2 unspecified atom stereocenters. The minimum atomic E-state index is 0.858. The molecule has 0 spiro atoms. The van der Waals surface area contributed by atoms with E-state index in [1.54, 1.807) is 0 Å². The third kappa shape index (κ3) is 3.21. The SMILES string of the molecule is CCCNC1CCC(C2CCCCC2)C1. The van der Waals surface area contributed by atoms with Crippen molar-refractivity contribution in [2.45, 2.75) is 70.8 Å². The van der Waals surface area contributed by atoms with Gasteiger partial charge in [-0.15, -0.1) is 0 Å². The maximum absolute atomic E-state index is 3.70. The predicted molar refractivity (Wildman–Crippen MR) is 66.0 cm³/mol. The highest BCUT2D eigenvalue weighted by Crippen LogP contribution is 2.39. The van der Waals surface area contributed by atoms with Crippen LogP contribution < -0.4 is 5.32 Å². The van der Waals surface area contributed by atoms with E-state index in [0.717, 1.165) is 17.9 Å². The summed E-state index contributed by atoms with van der Waals surface area (Å²) < 4.78 is 0. The van der Waals surface area contributed by atoms with Crippen LogP contribution in [0.5, 0.6) is 0 Å². The molecule has 0 radical (unpaired) electrons. The number of hydrogen-bond acceptors (Lipinski definition) is 1. The van der Waals surface area contributed by atoms with E-state index < -0.39 is 0 Å². The Labute approximate surface area is 95.0 Å². The van der Waals surface area contributed by atoms with Crippen LogP contribution in [-0.2, 0) is 0 Å². The van der Waals surface area contributed by atoms with E-state index in [0.29, 0.717) is 0 Å². The van der Waals surface area contributed by atoms with Crippen LogP contribution in [0.25, 0.3) is 0 Å². The minimum absolute atomic E-state index is 0.858. The van der Waals surface area contributed by atoms with Gasteiger partial charge in [-0.2, -0.15) is 0 Å². The summed E-state index contributed by atoms with van der Waals surface area (Å²) in [6.07, 6.45) is 13.3. The fraction of sp³-hybridized carbons (Fsp3) is 1.00. The molecular formula is C14H27N. The maximum Gasteiger partial charge on any atom is 0.00699 e. The molecule has 88 valence electrons. The quantitative estimate of drug-likeness (QED) is 0.744. The lowest BCUT2D eigenvalue weighted by Crippen LogP contribution is -2.27. The highest BCUT2D eigenvalue weighted by atomic mass is 14.9. The molecule has 2 aliphatic carbocycles. The lowest BCUT2D eigenvalue weighted by molar-refractivity contribution is 0.248. The van der Waals surface area contributed by atoms with Crippen molar-refractivity contribution in [2.24, 2.45) is 11.8 Å². The average Bonchev–Trinajstić information content (AvgIpc) is 2.76. The topological polar surface area (TPSA) is 12.0 Å². The third-order valence-corrected chi connectivity index (χ3v) is 4.47. The molecule has 0 aromatic rings. The van der Waals surface area contributed by atoms with E-state index in [4.69, 9.17) is 0 Å². The monoisotopic (exact) mass is 209 g/mol. The van der Waals surface area contributed by atoms with Gasteiger partial charge in [0.15, 0.2) is 0 Å². The molecule has 2 rings (SSSR count). The largest absolute Gasteiger partial charge is 0.314 e. The summed E-state index contributed by atoms with van der Waals surface area (Å²) in [5, 5.41) is 3.70. The van der Waals surface area contributed by atoms with Crippen LogP contribution in [0.3, 0.4) is 0 Å². The molecular weight excluding hydrogens is 182 g/mol. The molecule has 2 aliphatic rings. The Balaban J connectivity index is 1.71. The highest BCUT2D eigenvalue weighted by molar-refractivity contribution is 4.85. The first-order valence-electron chi connectivity index (χ1n) is 7.13. The molecule has 0 amide bonds. The van der Waals surface area contributed by atoms with Crippen molar-refractivity contribution < 1.29 is 0 Å². The second-order valence-corrected chi connectivity index (χ2v) is 5.62. The first-order valence-corrected chi connectivity index (χ1v) is 7.13. The van der Waals surface area contributed by atoms with Crippen LogP contribution in [0.2, 0.25) is 0 Å². The van der Waals surface area contributed by atoms with Crippen molar-refractivity contribution in [3.05, 3.63) is 0 Å². The summed E-state index contributed by atoms with van der Waals surface area (Å²) in [6, 6.07) is 0.858. The summed E-state index contributed by atoms with van der Waals surface area (Å²) in [4.78, 5) is 0. The summed E-state index contributed by atoms with van der Waals surface area (Å²) in [5.41, 5.74) is 0. The zero-order chi connectivity index (χ0) is 10.5. The lowest BCUT2D eigenvalue weighted by atomic mass is 9.79. The van der Waals surface area contributed by atoms with Crippen molar-refractivity contribution in [1.82, 2.24) is 5.32 Å². The van der Waals surface area contributed by atoms with Gasteiger partial charge in [-0.25, -0.2) is 0 Å². The van der Waals surface area contributed by atoms with Crippen molar-refractivity contribution in [3.63, 3.8) is 0 Å². The standard InChI is InChI=1S/C14H27N/c1-2-10-15-14-9-8-13(11-14)12-6-4-3-5-7-12/h12-15H,2-11H2,1H3. The van der Waals surface area contributed by atoms with Gasteiger partial charge in [0.25, 0.3) is 0 Å². The van der Waals surface area contributed by atoms with Crippen molar-refractivity contribution in [2.75, 3.05) is 6.54 Å². The van der Waals surface area contributed by atoms with E-state index in [2.05, 4.69) is 12.2 Å². The van der Waals surface area contributed by atoms with Crippen molar-refractivity contribution >= 4 is 0 Å². The van der Waals surface area contributed by atoms with Crippen LogP contribution in [-0.4, -0.2) is 12.6 Å². The van der Waals surface area contributed by atoms with E-state index >= 15 is 0 Å². The summed E-state index contributed by atoms with van der Waals surface area (Å²) in [6.45, 7) is 3.49. The molecule has 0 heterocycles. The average molecular weight is 209 g/mol. The molecule has 1 heteroatoms. The zero-order valence-electron chi connectivity index (χ0n) is 10.3. The molecule has 1 nitrogen and oxygen atoms in total. The molecule has 2 fully saturated rings. The Morgan fingerprint density at radius 2 is 1.73 bits per heavy atom. The minimum Gasteiger partial charge on any atom is -0.314 e. The maximum atomic E-state index is 3.70. The number of rotatable bonds is 4. The fourth-order valence-corrected chi connectivity index (χ4v) is 3.58. The smallest absolute Gasteiger partial charge is 0.00699 e. The molecule has 15 heavy (non-hydrogen) atoms. The Bertz CT molecular complexity index is 172. The van der Waals surface area contributed by atoms with Gasteiger partial charge >= 0.3 is 0 Å². The molecule has 0 aromatic carbocycles. The Morgan fingerprint density at radius 3 is 2.47 bits per heavy atom. The number of hydrogen-bond donors (Lipinski definition) is 1. The third-order valence-electron chi connectivity index (χ3n) is 4.47. The Kier molecular flexibility index (Phi) is 4.49. The van der Waals surface area contributed by atoms with Gasteiger partial charge in [0, 0.05) is 6.04 Å². The van der Waals surface area contributed by atoms with Crippen LogP contribution in [0, 0.1) is 11.8 Å². The van der Waals surface area contributed by atoms with Crippen LogP contribution in [0.15, 0.2) is 0 Å². The molecule has 0 aromatic heterocycles. The molecule has 2 saturated carbocycles. The van der Waals surface area contributed by atoms with Gasteiger partial charge in [0.05, 0.1) is 0 Å². The van der Waals surface area contributed by atoms with E-state index in [1.165, 1.54) is 64.3 Å². The summed E-state index contributed by atoms with van der Waals surface area (Å²) >= 11 is 0. The Hall–Kier alpha value is -0.0400. The van der Waals surface area contributed by atoms with E-state index in [-0.39, 0.29) is 0 Å². The Morgan fingerprint density at radius 1 is 0.933 bits per heavy atom. The van der Waals surface area contributed by atoms with Crippen molar-refractivity contribution in [3.8, 4) is 0 Å². The summed E-state index contributed by atoms with van der Waals surface area (Å²) in [7, 11) is 0. The van der Waals surface area contributed by atoms with Gasteiger partial charge in [0.2, 0.25) is 0 Å². The van der Waals surface area contributed by atoms with Crippen LogP contribution in [0.1, 0.15) is 64.7 Å². The first kappa shape index (κ1) is 11.4. The van der Waals surface area contributed by atoms with Crippen LogP contribution >= 0.6 is 0 Å². The highest BCUT2D eigenvalue weighted by Gasteiger charge is 2.30. The molecule has 2 atom stereocenters. The predicted octanol–water partition coefficient (Wildman–Crippen LogP) is 3.74.